The van der Waals surface area contributed by atoms with Gasteiger partial charge in [0.2, 0.25) is 7.37 Å². The Morgan fingerprint density at radius 1 is 1.33 bits per heavy atom. The Morgan fingerprint density at radius 3 is 2.44 bits per heavy atom. The van der Waals surface area contributed by atoms with E-state index in [0.29, 0.717) is 11.7 Å². The predicted octanol–water partition coefficient (Wildman–Crippen LogP) is 2.47. The van der Waals surface area contributed by atoms with Crippen LogP contribution in [0.1, 0.15) is 26.2 Å². The Morgan fingerprint density at radius 2 is 1.94 bits per heavy atom. The summed E-state index contributed by atoms with van der Waals surface area (Å²) in [5, 5.41) is 9.40. The van der Waals surface area contributed by atoms with Gasteiger partial charge in [0.15, 0.2) is 0 Å². The largest absolute Gasteiger partial charge is 0.481 e. The molecule has 2 atom stereocenters. The molecule has 0 radical (unpaired) electrons. The van der Waals surface area contributed by atoms with Crippen LogP contribution in [0.25, 0.3) is 0 Å². The minimum atomic E-state index is -3.58. The van der Waals surface area contributed by atoms with Gasteiger partial charge in [-0.2, -0.15) is 0 Å². The zero-order valence-corrected chi connectivity index (χ0v) is 11.3. The lowest BCUT2D eigenvalue weighted by Gasteiger charge is -2.17. The van der Waals surface area contributed by atoms with E-state index in [2.05, 4.69) is 0 Å². The highest BCUT2D eigenvalue weighted by molar-refractivity contribution is 7.66. The molecule has 100 valence electrons. The van der Waals surface area contributed by atoms with Gasteiger partial charge in [0.05, 0.1) is 5.92 Å². The first kappa shape index (κ1) is 14.9. The van der Waals surface area contributed by atoms with Crippen LogP contribution in [-0.2, 0) is 9.36 Å². The summed E-state index contributed by atoms with van der Waals surface area (Å²) >= 11 is 0. The summed E-state index contributed by atoms with van der Waals surface area (Å²) in [7, 11) is -3.58. The molecule has 0 spiro atoms. The minimum absolute atomic E-state index is 0.188. The SMILES string of the molecule is CCCCC(CP(=O)(O)c1ccccc1)C(=O)O. The van der Waals surface area contributed by atoms with Crippen LogP contribution in [0.5, 0.6) is 0 Å². The summed E-state index contributed by atoms with van der Waals surface area (Å²) in [5.74, 6) is -1.74. The van der Waals surface area contributed by atoms with Crippen LogP contribution in [0, 0.1) is 5.92 Å². The van der Waals surface area contributed by atoms with Gasteiger partial charge in [0.1, 0.15) is 0 Å². The molecule has 1 aromatic rings. The molecule has 18 heavy (non-hydrogen) atoms. The first-order valence-corrected chi connectivity index (χ1v) is 7.92. The van der Waals surface area contributed by atoms with Gasteiger partial charge < -0.3 is 10.00 Å². The van der Waals surface area contributed by atoms with Gasteiger partial charge in [0, 0.05) is 11.5 Å². The van der Waals surface area contributed by atoms with Gasteiger partial charge in [-0.3, -0.25) is 9.36 Å². The van der Waals surface area contributed by atoms with Gasteiger partial charge in [0.25, 0.3) is 0 Å². The number of carboxylic acids is 1. The lowest BCUT2D eigenvalue weighted by molar-refractivity contribution is -0.141. The van der Waals surface area contributed by atoms with Crippen LogP contribution in [0.15, 0.2) is 30.3 Å². The maximum Gasteiger partial charge on any atom is 0.307 e. The second-order valence-electron chi connectivity index (χ2n) is 4.40. The molecule has 0 amide bonds. The fourth-order valence-electron chi connectivity index (χ4n) is 1.81. The molecule has 0 heterocycles. The predicted molar refractivity (Wildman–Crippen MR) is 71.4 cm³/mol. The third-order valence-electron chi connectivity index (χ3n) is 2.88. The van der Waals surface area contributed by atoms with Crippen molar-refractivity contribution in [3.05, 3.63) is 30.3 Å². The number of carbonyl (C=O) groups is 1. The van der Waals surface area contributed by atoms with E-state index < -0.39 is 19.3 Å². The second-order valence-corrected chi connectivity index (χ2v) is 6.68. The number of benzene rings is 1. The molecule has 0 aliphatic heterocycles. The highest BCUT2D eigenvalue weighted by Gasteiger charge is 2.29. The van der Waals surface area contributed by atoms with Gasteiger partial charge in [-0.25, -0.2) is 0 Å². The number of hydrogen-bond acceptors (Lipinski definition) is 2. The van der Waals surface area contributed by atoms with Crippen LogP contribution in [0.4, 0.5) is 0 Å². The van der Waals surface area contributed by atoms with Crippen molar-refractivity contribution in [1.29, 1.82) is 0 Å². The van der Waals surface area contributed by atoms with E-state index in [1.54, 1.807) is 30.3 Å². The molecule has 1 rings (SSSR count). The summed E-state index contributed by atoms with van der Waals surface area (Å²) < 4.78 is 12.2. The first-order chi connectivity index (χ1) is 8.47. The lowest BCUT2D eigenvalue weighted by Crippen LogP contribution is -2.21. The smallest absolute Gasteiger partial charge is 0.307 e. The highest BCUT2D eigenvalue weighted by atomic mass is 31.2. The van der Waals surface area contributed by atoms with Crippen molar-refractivity contribution in [3.63, 3.8) is 0 Å². The molecule has 4 nitrogen and oxygen atoms in total. The standard InChI is InChI=1S/C13H19O4P/c1-2-3-7-11(13(14)15)10-18(16,17)12-8-5-4-6-9-12/h4-6,8-9,11H,2-3,7,10H2,1H3,(H,14,15)(H,16,17). The number of hydrogen-bond donors (Lipinski definition) is 2. The van der Waals surface area contributed by atoms with Gasteiger partial charge in [-0.1, -0.05) is 38.0 Å². The van der Waals surface area contributed by atoms with Crippen LogP contribution in [-0.4, -0.2) is 22.1 Å². The Kier molecular flexibility index (Phi) is 5.57. The van der Waals surface area contributed by atoms with Crippen LogP contribution >= 0.6 is 7.37 Å². The minimum Gasteiger partial charge on any atom is -0.481 e. The fourth-order valence-corrected chi connectivity index (χ4v) is 3.59. The summed E-state index contributed by atoms with van der Waals surface area (Å²) in [6, 6.07) is 8.26. The van der Waals surface area contributed by atoms with Crippen molar-refractivity contribution in [3.8, 4) is 0 Å². The van der Waals surface area contributed by atoms with Crippen molar-refractivity contribution in [2.75, 3.05) is 6.16 Å². The van der Waals surface area contributed by atoms with Crippen LogP contribution < -0.4 is 5.30 Å². The van der Waals surface area contributed by atoms with Crippen LogP contribution in [0.3, 0.4) is 0 Å². The van der Waals surface area contributed by atoms with Gasteiger partial charge in [-0.15, -0.1) is 0 Å². The molecule has 0 aliphatic carbocycles. The average Bonchev–Trinajstić information content (AvgIpc) is 2.35. The van der Waals surface area contributed by atoms with E-state index >= 15 is 0 Å². The Balaban J connectivity index is 2.79. The third-order valence-corrected chi connectivity index (χ3v) is 4.92. The Bertz CT molecular complexity index is 430. The van der Waals surface area contributed by atoms with E-state index in [1.807, 2.05) is 6.92 Å². The molecular weight excluding hydrogens is 251 g/mol. The molecule has 0 saturated carbocycles. The fraction of sp³-hybridized carbons (Fsp3) is 0.462. The molecular formula is C13H19O4P. The van der Waals surface area contributed by atoms with E-state index in [-0.39, 0.29) is 6.16 Å². The molecule has 2 unspecified atom stereocenters. The quantitative estimate of drug-likeness (QED) is 0.746. The summed E-state index contributed by atoms with van der Waals surface area (Å²) in [6.45, 7) is 1.97. The topological polar surface area (TPSA) is 74.6 Å². The van der Waals surface area contributed by atoms with Crippen molar-refractivity contribution in [1.82, 2.24) is 0 Å². The van der Waals surface area contributed by atoms with Crippen molar-refractivity contribution >= 4 is 18.6 Å². The third kappa shape index (κ3) is 4.28. The summed E-state index contributed by atoms with van der Waals surface area (Å²) in [5.41, 5.74) is 0. The zero-order chi connectivity index (χ0) is 13.6. The van der Waals surface area contributed by atoms with Crippen molar-refractivity contribution in [2.45, 2.75) is 26.2 Å². The molecule has 0 aliphatic rings. The van der Waals surface area contributed by atoms with Crippen LogP contribution in [0.2, 0.25) is 0 Å². The van der Waals surface area contributed by atoms with Gasteiger partial charge in [-0.05, 0) is 18.6 Å². The molecule has 0 saturated heterocycles. The molecule has 2 N–H and O–H groups in total. The van der Waals surface area contributed by atoms with Crippen molar-refractivity contribution < 1.29 is 19.4 Å². The van der Waals surface area contributed by atoms with Gasteiger partial charge >= 0.3 is 5.97 Å². The number of unbranched alkanes of at least 4 members (excludes halogenated alkanes) is 1. The molecule has 0 fully saturated rings. The zero-order valence-electron chi connectivity index (χ0n) is 10.5. The maximum atomic E-state index is 12.2. The molecule has 1 aromatic carbocycles. The average molecular weight is 270 g/mol. The molecule has 0 aromatic heterocycles. The Hall–Kier alpha value is -1.12. The van der Waals surface area contributed by atoms with E-state index in [1.165, 1.54) is 0 Å². The molecule has 5 heteroatoms. The lowest BCUT2D eigenvalue weighted by atomic mass is 10.1. The van der Waals surface area contributed by atoms with E-state index in [4.69, 9.17) is 5.11 Å². The first-order valence-electron chi connectivity index (χ1n) is 6.07. The number of rotatable bonds is 7. The van der Waals surface area contributed by atoms with E-state index in [9.17, 15) is 14.3 Å². The van der Waals surface area contributed by atoms with E-state index in [0.717, 1.165) is 12.8 Å². The number of carboxylic acid groups (broad SMARTS) is 1. The monoisotopic (exact) mass is 270 g/mol. The second kappa shape index (κ2) is 6.72. The highest BCUT2D eigenvalue weighted by Crippen LogP contribution is 2.42. The van der Waals surface area contributed by atoms with Crippen molar-refractivity contribution in [2.24, 2.45) is 5.92 Å². The summed E-state index contributed by atoms with van der Waals surface area (Å²) in [4.78, 5) is 21.1. The summed E-state index contributed by atoms with van der Waals surface area (Å²) in [6.07, 6.45) is 1.90. The molecule has 0 bridgehead atoms. The number of aliphatic carboxylic acids is 1. The Labute approximate surface area is 107 Å². The maximum absolute atomic E-state index is 12.2. The normalized spacial score (nSPS) is 15.9.